The van der Waals surface area contributed by atoms with Crippen LogP contribution in [0.4, 0.5) is 0 Å². The molecule has 0 aromatic rings. The summed E-state index contributed by atoms with van der Waals surface area (Å²) in [5.41, 5.74) is 0.185. The SMILES string of the molecule is CC[C@H]1CC[C@@]2(C)[C@@H](CC[C@@H]3[C@@H]2CC(=O)[C@]2(C)[C@@H]4[C@H](C[C@@H]32)O[C@]2(CCC(C)CO2)[C@H]4C)C1. The molecule has 1 spiro atoms. The van der Waals surface area contributed by atoms with Crippen LogP contribution in [0, 0.1) is 58.2 Å². The molecule has 4 aliphatic carbocycles. The normalized spacial score (nSPS) is 59.4. The minimum absolute atomic E-state index is 0.203. The smallest absolute Gasteiger partial charge is 0.171 e. The Bertz CT molecular complexity index is 768. The molecule has 32 heavy (non-hydrogen) atoms. The van der Waals surface area contributed by atoms with Crippen molar-refractivity contribution in [3.05, 3.63) is 0 Å². The summed E-state index contributed by atoms with van der Waals surface area (Å²) in [4.78, 5) is 14.1. The van der Waals surface area contributed by atoms with Crippen molar-refractivity contribution in [3.8, 4) is 0 Å². The van der Waals surface area contributed by atoms with Gasteiger partial charge in [0.15, 0.2) is 5.79 Å². The van der Waals surface area contributed by atoms with Gasteiger partial charge in [-0.1, -0.05) is 41.0 Å². The van der Waals surface area contributed by atoms with Gasteiger partial charge in [0, 0.05) is 30.1 Å². The van der Waals surface area contributed by atoms with Gasteiger partial charge in [-0.2, -0.15) is 0 Å². The Kier molecular flexibility index (Phi) is 5.03. The molecule has 0 amide bonds. The first-order valence-electron chi connectivity index (χ1n) is 14.1. The molecule has 6 fully saturated rings. The highest BCUT2D eigenvalue weighted by atomic mass is 16.7. The first kappa shape index (κ1) is 22.1. The summed E-state index contributed by atoms with van der Waals surface area (Å²) in [7, 11) is 0. The second-order valence-corrected chi connectivity index (χ2v) is 13.6. The lowest BCUT2D eigenvalue weighted by molar-refractivity contribution is -0.272. The Balaban J connectivity index is 1.28. The number of hydrogen-bond acceptors (Lipinski definition) is 3. The number of hydrogen-bond donors (Lipinski definition) is 0. The van der Waals surface area contributed by atoms with Crippen molar-refractivity contribution in [1.29, 1.82) is 0 Å². The molecule has 180 valence electrons. The van der Waals surface area contributed by atoms with Gasteiger partial charge in [0.25, 0.3) is 0 Å². The van der Waals surface area contributed by atoms with Crippen molar-refractivity contribution in [1.82, 2.24) is 0 Å². The zero-order valence-electron chi connectivity index (χ0n) is 21.2. The van der Waals surface area contributed by atoms with Crippen LogP contribution in [0.3, 0.4) is 0 Å². The quantitative estimate of drug-likeness (QED) is 0.457. The molecule has 6 aliphatic rings. The first-order chi connectivity index (χ1) is 15.2. The van der Waals surface area contributed by atoms with Gasteiger partial charge in [-0.25, -0.2) is 0 Å². The second kappa shape index (κ2) is 7.30. The van der Waals surface area contributed by atoms with Gasteiger partial charge in [0.1, 0.15) is 5.78 Å². The molecule has 2 aliphatic heterocycles. The summed E-state index contributed by atoms with van der Waals surface area (Å²) >= 11 is 0. The van der Waals surface area contributed by atoms with Gasteiger partial charge in [0.05, 0.1) is 12.7 Å². The fourth-order valence-corrected chi connectivity index (χ4v) is 10.4. The van der Waals surface area contributed by atoms with E-state index in [0.717, 1.165) is 43.6 Å². The van der Waals surface area contributed by atoms with E-state index >= 15 is 0 Å². The maximum atomic E-state index is 14.1. The zero-order chi connectivity index (χ0) is 22.5. The fourth-order valence-electron chi connectivity index (χ4n) is 10.4. The Hall–Kier alpha value is -0.410. The third kappa shape index (κ3) is 2.76. The van der Waals surface area contributed by atoms with Gasteiger partial charge in [-0.3, -0.25) is 4.79 Å². The monoisotopic (exact) mass is 442 g/mol. The highest BCUT2D eigenvalue weighted by Gasteiger charge is 2.71. The Morgan fingerprint density at radius 3 is 2.53 bits per heavy atom. The van der Waals surface area contributed by atoms with Crippen LogP contribution in [0.5, 0.6) is 0 Å². The number of carbonyl (C=O) groups excluding carboxylic acids is 1. The molecular weight excluding hydrogens is 396 g/mol. The van der Waals surface area contributed by atoms with Crippen LogP contribution in [0.2, 0.25) is 0 Å². The average Bonchev–Trinajstić information content (AvgIpc) is 3.22. The predicted octanol–water partition coefficient (Wildman–Crippen LogP) is 6.64. The lowest BCUT2D eigenvalue weighted by Crippen LogP contribution is -2.58. The van der Waals surface area contributed by atoms with Crippen LogP contribution in [-0.2, 0) is 14.3 Å². The van der Waals surface area contributed by atoms with E-state index in [1.807, 2.05) is 0 Å². The van der Waals surface area contributed by atoms with Crippen molar-refractivity contribution < 1.29 is 14.3 Å². The van der Waals surface area contributed by atoms with Crippen LogP contribution in [0.1, 0.15) is 98.8 Å². The van der Waals surface area contributed by atoms with Crippen LogP contribution < -0.4 is 0 Å². The highest BCUT2D eigenvalue weighted by Crippen LogP contribution is 2.70. The molecule has 4 saturated carbocycles. The van der Waals surface area contributed by atoms with Gasteiger partial charge >= 0.3 is 0 Å². The highest BCUT2D eigenvalue weighted by molar-refractivity contribution is 5.87. The van der Waals surface area contributed by atoms with Crippen LogP contribution in [0.25, 0.3) is 0 Å². The molecule has 0 aromatic carbocycles. The molecule has 2 saturated heterocycles. The van der Waals surface area contributed by atoms with E-state index in [1.54, 1.807) is 0 Å². The molecule has 0 N–H and O–H groups in total. The summed E-state index contributed by atoms with van der Waals surface area (Å²) in [6.07, 6.45) is 12.6. The summed E-state index contributed by atoms with van der Waals surface area (Å²) in [6, 6.07) is 0. The van der Waals surface area contributed by atoms with E-state index < -0.39 is 5.79 Å². The van der Waals surface area contributed by atoms with Crippen molar-refractivity contribution in [3.63, 3.8) is 0 Å². The Morgan fingerprint density at radius 1 is 1.00 bits per heavy atom. The van der Waals surface area contributed by atoms with Crippen molar-refractivity contribution in [2.24, 2.45) is 58.2 Å². The van der Waals surface area contributed by atoms with E-state index in [4.69, 9.17) is 9.47 Å². The summed E-state index contributed by atoms with van der Waals surface area (Å²) in [5.74, 6) is 5.06. The van der Waals surface area contributed by atoms with Crippen molar-refractivity contribution >= 4 is 5.78 Å². The lowest BCUT2D eigenvalue weighted by Gasteiger charge is -2.60. The minimum Gasteiger partial charge on any atom is -0.349 e. The summed E-state index contributed by atoms with van der Waals surface area (Å²) in [6.45, 7) is 12.7. The number of fused-ring (bicyclic) bond motifs is 7. The molecular formula is C29H46O3. The molecule has 6 rings (SSSR count). The van der Waals surface area contributed by atoms with E-state index in [1.165, 1.54) is 44.9 Å². The third-order valence-corrected chi connectivity index (χ3v) is 12.5. The minimum atomic E-state index is -0.422. The van der Waals surface area contributed by atoms with Crippen molar-refractivity contribution in [2.75, 3.05) is 6.61 Å². The van der Waals surface area contributed by atoms with Gasteiger partial charge in [0.2, 0.25) is 0 Å². The van der Waals surface area contributed by atoms with E-state index in [9.17, 15) is 4.79 Å². The Morgan fingerprint density at radius 2 is 1.81 bits per heavy atom. The molecule has 0 aromatic heterocycles. The van der Waals surface area contributed by atoms with Crippen molar-refractivity contribution in [2.45, 2.75) is 111 Å². The van der Waals surface area contributed by atoms with Gasteiger partial charge < -0.3 is 9.47 Å². The van der Waals surface area contributed by atoms with E-state index in [-0.39, 0.29) is 11.5 Å². The first-order valence-corrected chi connectivity index (χ1v) is 14.1. The molecule has 3 nitrogen and oxygen atoms in total. The molecule has 0 bridgehead atoms. The number of ether oxygens (including phenoxy) is 2. The molecule has 12 atom stereocenters. The summed E-state index contributed by atoms with van der Waals surface area (Å²) < 4.78 is 13.3. The maximum absolute atomic E-state index is 14.1. The molecule has 2 heterocycles. The summed E-state index contributed by atoms with van der Waals surface area (Å²) in [5, 5.41) is 0. The van der Waals surface area contributed by atoms with Crippen LogP contribution >= 0.6 is 0 Å². The van der Waals surface area contributed by atoms with Crippen LogP contribution in [0.15, 0.2) is 0 Å². The molecule has 1 unspecified atom stereocenters. The molecule has 3 heteroatoms. The number of Topliss-reactive ketones (excluding diaryl/α,β-unsaturated/α-hetero) is 1. The van der Waals surface area contributed by atoms with E-state index in [0.29, 0.717) is 40.8 Å². The van der Waals surface area contributed by atoms with Gasteiger partial charge in [-0.05, 0) is 85.9 Å². The molecule has 0 radical (unpaired) electrons. The van der Waals surface area contributed by atoms with E-state index in [2.05, 4.69) is 34.6 Å². The second-order valence-electron chi connectivity index (χ2n) is 13.6. The number of carbonyl (C=O) groups is 1. The van der Waals surface area contributed by atoms with Crippen LogP contribution in [-0.4, -0.2) is 24.3 Å². The topological polar surface area (TPSA) is 35.5 Å². The third-order valence-electron chi connectivity index (χ3n) is 12.5. The van der Waals surface area contributed by atoms with Gasteiger partial charge in [-0.15, -0.1) is 0 Å². The standard InChI is InChI=1S/C29H46O3/c1-6-19-10-11-27(4)20(13-19)7-8-21-22(27)15-25(30)28(5)23(21)14-24-26(28)18(3)29(32-24)12-9-17(2)16-31-29/h17-24,26H,6-16H2,1-5H3/t17?,18-,19-,20-,21+,22-,23-,24-,26-,27-,28+,29+/m0/s1. The zero-order valence-corrected chi connectivity index (χ0v) is 21.2. The largest absolute Gasteiger partial charge is 0.349 e. The number of rotatable bonds is 1. The number of ketones is 1. The fraction of sp³-hybridized carbons (Fsp3) is 0.966. The maximum Gasteiger partial charge on any atom is 0.171 e. The lowest BCUT2D eigenvalue weighted by atomic mass is 9.43. The predicted molar refractivity (Wildman–Crippen MR) is 126 cm³/mol. The average molecular weight is 443 g/mol. The Labute approximate surface area is 195 Å².